The first-order chi connectivity index (χ1) is 12.5. The number of aryl methyl sites for hydroxylation is 1. The van der Waals surface area contributed by atoms with Gasteiger partial charge in [-0.1, -0.05) is 53.9 Å². The van der Waals surface area contributed by atoms with E-state index in [-0.39, 0.29) is 5.91 Å². The molecule has 0 bridgehead atoms. The molecule has 0 spiro atoms. The fourth-order valence-corrected chi connectivity index (χ4v) is 2.68. The quantitative estimate of drug-likeness (QED) is 0.517. The molecule has 0 saturated heterocycles. The van der Waals surface area contributed by atoms with Crippen molar-refractivity contribution in [3.8, 4) is 5.75 Å². The molecular formula is C20H23BrN2O3. The Bertz CT molecular complexity index is 777. The van der Waals surface area contributed by atoms with Crippen LogP contribution in [0, 0.1) is 6.92 Å². The number of rotatable bonds is 7. The van der Waals surface area contributed by atoms with E-state index in [0.717, 1.165) is 29.3 Å². The third-order valence-corrected chi connectivity index (χ3v) is 4.72. The van der Waals surface area contributed by atoms with E-state index in [1.165, 1.54) is 0 Å². The molecule has 0 radical (unpaired) electrons. The van der Waals surface area contributed by atoms with Crippen LogP contribution >= 0.6 is 15.9 Å². The first-order valence-corrected chi connectivity index (χ1v) is 9.41. The van der Waals surface area contributed by atoms with Crippen LogP contribution in [0.3, 0.4) is 0 Å². The topological polar surface area (TPSA) is 67.4 Å². The zero-order chi connectivity index (χ0) is 18.9. The molecule has 138 valence electrons. The van der Waals surface area contributed by atoms with Gasteiger partial charge < -0.3 is 4.74 Å². The second-order valence-electron chi connectivity index (χ2n) is 5.92. The summed E-state index contributed by atoms with van der Waals surface area (Å²) in [5.74, 6) is -0.301. The third kappa shape index (κ3) is 5.59. The average Bonchev–Trinajstić information content (AvgIpc) is 2.65. The summed E-state index contributed by atoms with van der Waals surface area (Å²) < 4.78 is 6.54. The van der Waals surface area contributed by atoms with Gasteiger partial charge in [-0.3, -0.25) is 20.4 Å². The number of unbranched alkanes of at least 4 members (excludes halogenated alkanes) is 2. The van der Waals surface area contributed by atoms with Gasteiger partial charge in [0.25, 0.3) is 11.8 Å². The van der Waals surface area contributed by atoms with Crippen LogP contribution in [0.2, 0.25) is 0 Å². The van der Waals surface area contributed by atoms with Crippen molar-refractivity contribution in [2.24, 2.45) is 0 Å². The molecule has 6 heteroatoms. The van der Waals surface area contributed by atoms with Gasteiger partial charge in [0.2, 0.25) is 0 Å². The molecule has 0 fully saturated rings. The van der Waals surface area contributed by atoms with Gasteiger partial charge in [-0.05, 0) is 43.2 Å². The van der Waals surface area contributed by atoms with Gasteiger partial charge in [0, 0.05) is 10.0 Å². The van der Waals surface area contributed by atoms with Crippen LogP contribution in [-0.2, 0) is 0 Å². The highest BCUT2D eigenvalue weighted by Crippen LogP contribution is 2.19. The molecular weight excluding hydrogens is 396 g/mol. The molecule has 5 nitrogen and oxygen atoms in total. The number of amides is 2. The fraction of sp³-hybridized carbons (Fsp3) is 0.300. The van der Waals surface area contributed by atoms with Crippen molar-refractivity contribution >= 4 is 27.7 Å². The number of carbonyl (C=O) groups is 2. The standard InChI is InChI=1S/C20H23BrN2O3/c1-3-4-7-12-26-18-9-6-5-8-16(18)20(25)23-22-19(24)15-11-10-14(2)17(21)13-15/h5-6,8-11,13H,3-4,7,12H2,1-2H3,(H,22,24)(H,23,25). The maximum absolute atomic E-state index is 12.4. The van der Waals surface area contributed by atoms with E-state index in [1.54, 1.807) is 30.3 Å². The van der Waals surface area contributed by atoms with Gasteiger partial charge in [-0.2, -0.15) is 0 Å². The molecule has 0 atom stereocenters. The van der Waals surface area contributed by atoms with E-state index in [1.807, 2.05) is 19.1 Å². The van der Waals surface area contributed by atoms with Gasteiger partial charge in [0.1, 0.15) is 5.75 Å². The Hall–Kier alpha value is -2.34. The molecule has 0 saturated carbocycles. The van der Waals surface area contributed by atoms with E-state index in [4.69, 9.17) is 4.74 Å². The summed E-state index contributed by atoms with van der Waals surface area (Å²) in [4.78, 5) is 24.6. The predicted molar refractivity (Wildman–Crippen MR) is 105 cm³/mol. The summed E-state index contributed by atoms with van der Waals surface area (Å²) in [5.41, 5.74) is 6.73. The number of halogens is 1. The summed E-state index contributed by atoms with van der Waals surface area (Å²) in [5, 5.41) is 0. The number of carbonyl (C=O) groups excluding carboxylic acids is 2. The minimum absolute atomic E-state index is 0.384. The summed E-state index contributed by atoms with van der Waals surface area (Å²) in [6.07, 6.45) is 3.12. The van der Waals surface area contributed by atoms with E-state index < -0.39 is 5.91 Å². The van der Waals surface area contributed by atoms with E-state index >= 15 is 0 Å². The van der Waals surface area contributed by atoms with Gasteiger partial charge in [0.05, 0.1) is 12.2 Å². The summed E-state index contributed by atoms with van der Waals surface area (Å²) in [7, 11) is 0. The van der Waals surface area contributed by atoms with Crippen molar-refractivity contribution in [2.45, 2.75) is 33.1 Å². The molecule has 2 amide bonds. The smallest absolute Gasteiger partial charge is 0.273 e. The van der Waals surface area contributed by atoms with Crippen LogP contribution in [0.5, 0.6) is 5.75 Å². The number of nitrogens with one attached hydrogen (secondary N) is 2. The first kappa shape index (κ1) is 20.0. The predicted octanol–water partition coefficient (Wildman–Crippen LogP) is 4.40. The largest absolute Gasteiger partial charge is 0.493 e. The van der Waals surface area contributed by atoms with Gasteiger partial charge in [-0.15, -0.1) is 0 Å². The lowest BCUT2D eigenvalue weighted by atomic mass is 10.1. The summed E-state index contributed by atoms with van der Waals surface area (Å²) in [6.45, 7) is 4.61. The van der Waals surface area contributed by atoms with E-state index in [9.17, 15) is 9.59 Å². The molecule has 0 aromatic heterocycles. The Balaban J connectivity index is 1.97. The average molecular weight is 419 g/mol. The maximum Gasteiger partial charge on any atom is 0.273 e. The molecule has 0 aliphatic carbocycles. The highest BCUT2D eigenvalue weighted by Gasteiger charge is 2.14. The van der Waals surface area contributed by atoms with Crippen LogP contribution < -0.4 is 15.6 Å². The molecule has 0 heterocycles. The number of hydrazine groups is 1. The third-order valence-electron chi connectivity index (χ3n) is 3.86. The van der Waals surface area contributed by atoms with Crippen molar-refractivity contribution in [2.75, 3.05) is 6.61 Å². The normalized spacial score (nSPS) is 10.3. The first-order valence-electron chi connectivity index (χ1n) is 8.61. The Morgan fingerprint density at radius 2 is 1.77 bits per heavy atom. The van der Waals surface area contributed by atoms with Crippen molar-refractivity contribution in [3.63, 3.8) is 0 Å². The summed E-state index contributed by atoms with van der Waals surface area (Å²) in [6, 6.07) is 12.2. The molecule has 2 aromatic carbocycles. The second kappa shape index (κ2) is 9.97. The van der Waals surface area contributed by atoms with E-state index in [2.05, 4.69) is 33.7 Å². The lowest BCUT2D eigenvalue weighted by molar-refractivity contribution is 0.0844. The van der Waals surface area contributed by atoms with Crippen LogP contribution in [-0.4, -0.2) is 18.4 Å². The molecule has 2 N–H and O–H groups in total. The van der Waals surface area contributed by atoms with Crippen LogP contribution in [0.1, 0.15) is 52.5 Å². The number of ether oxygens (including phenoxy) is 1. The zero-order valence-electron chi connectivity index (χ0n) is 15.0. The van der Waals surface area contributed by atoms with Crippen molar-refractivity contribution < 1.29 is 14.3 Å². The Morgan fingerprint density at radius 1 is 1.04 bits per heavy atom. The van der Waals surface area contributed by atoms with Crippen molar-refractivity contribution in [1.29, 1.82) is 0 Å². The molecule has 0 unspecified atom stereocenters. The minimum Gasteiger partial charge on any atom is -0.493 e. The highest BCUT2D eigenvalue weighted by molar-refractivity contribution is 9.10. The molecule has 2 aromatic rings. The highest BCUT2D eigenvalue weighted by atomic mass is 79.9. The van der Waals surface area contributed by atoms with Crippen molar-refractivity contribution in [1.82, 2.24) is 10.9 Å². The number of hydrogen-bond donors (Lipinski definition) is 2. The van der Waals surface area contributed by atoms with E-state index in [0.29, 0.717) is 23.5 Å². The number of hydrogen-bond acceptors (Lipinski definition) is 3. The Kier molecular flexibility index (Phi) is 7.66. The molecule has 0 aliphatic rings. The van der Waals surface area contributed by atoms with Crippen LogP contribution in [0.4, 0.5) is 0 Å². The van der Waals surface area contributed by atoms with Crippen LogP contribution in [0.15, 0.2) is 46.9 Å². The maximum atomic E-state index is 12.4. The molecule has 2 rings (SSSR count). The lowest BCUT2D eigenvalue weighted by Crippen LogP contribution is -2.41. The Labute approximate surface area is 162 Å². The second-order valence-corrected chi connectivity index (χ2v) is 6.78. The zero-order valence-corrected chi connectivity index (χ0v) is 16.6. The summed E-state index contributed by atoms with van der Waals surface area (Å²) >= 11 is 3.39. The van der Waals surface area contributed by atoms with Crippen LogP contribution in [0.25, 0.3) is 0 Å². The molecule has 26 heavy (non-hydrogen) atoms. The SMILES string of the molecule is CCCCCOc1ccccc1C(=O)NNC(=O)c1ccc(C)c(Br)c1. The fourth-order valence-electron chi connectivity index (χ4n) is 2.30. The van der Waals surface area contributed by atoms with Gasteiger partial charge in [0.15, 0.2) is 0 Å². The lowest BCUT2D eigenvalue weighted by Gasteiger charge is -2.12. The number of para-hydroxylation sites is 1. The van der Waals surface area contributed by atoms with Gasteiger partial charge >= 0.3 is 0 Å². The van der Waals surface area contributed by atoms with Gasteiger partial charge in [-0.25, -0.2) is 0 Å². The van der Waals surface area contributed by atoms with Crippen molar-refractivity contribution in [3.05, 3.63) is 63.6 Å². The Morgan fingerprint density at radius 3 is 2.50 bits per heavy atom. The number of benzene rings is 2. The minimum atomic E-state index is -0.421. The monoisotopic (exact) mass is 418 g/mol. The molecule has 0 aliphatic heterocycles.